The predicted octanol–water partition coefficient (Wildman–Crippen LogP) is 2.47. The molecular formula is C13H14N2O. The Labute approximate surface area is 95.1 Å². The summed E-state index contributed by atoms with van der Waals surface area (Å²) in [4.78, 5) is 8.01. The minimum atomic E-state index is 0.683. The summed E-state index contributed by atoms with van der Waals surface area (Å²) in [7, 11) is 0. The zero-order chi connectivity index (χ0) is 11.2. The van der Waals surface area contributed by atoms with Crippen molar-refractivity contribution in [1.29, 1.82) is 0 Å². The number of para-hydroxylation sites is 1. The Morgan fingerprint density at radius 3 is 2.62 bits per heavy atom. The molecule has 0 bridgehead atoms. The third kappa shape index (κ3) is 2.57. The number of hydrogen-bond acceptors (Lipinski definition) is 3. The molecule has 0 aliphatic carbocycles. The van der Waals surface area contributed by atoms with Crippen LogP contribution in [0.4, 0.5) is 0 Å². The van der Waals surface area contributed by atoms with E-state index in [0.717, 1.165) is 17.7 Å². The van der Waals surface area contributed by atoms with Gasteiger partial charge in [-0.25, -0.2) is 9.97 Å². The molecule has 0 fully saturated rings. The van der Waals surface area contributed by atoms with E-state index in [9.17, 15) is 0 Å². The van der Waals surface area contributed by atoms with Gasteiger partial charge in [-0.2, -0.15) is 0 Å². The van der Waals surface area contributed by atoms with Gasteiger partial charge in [0.2, 0.25) is 0 Å². The van der Waals surface area contributed by atoms with Crippen molar-refractivity contribution in [1.82, 2.24) is 9.97 Å². The maximum Gasteiger partial charge on any atom is 0.122 e. The summed E-state index contributed by atoms with van der Waals surface area (Å²) in [6, 6.07) is 8.05. The lowest BCUT2D eigenvalue weighted by Crippen LogP contribution is -1.97. The number of hydrogen-bond donors (Lipinski definition) is 0. The van der Waals surface area contributed by atoms with E-state index in [0.29, 0.717) is 6.61 Å². The van der Waals surface area contributed by atoms with Crippen molar-refractivity contribution in [2.24, 2.45) is 0 Å². The van der Waals surface area contributed by atoms with Crippen molar-refractivity contribution in [3.63, 3.8) is 0 Å². The van der Waals surface area contributed by atoms with Gasteiger partial charge in [-0.15, -0.1) is 0 Å². The molecule has 2 aromatic rings. The summed E-state index contributed by atoms with van der Waals surface area (Å²) in [5.41, 5.74) is 2.26. The molecule has 1 heterocycles. The van der Waals surface area contributed by atoms with Crippen LogP contribution in [-0.2, 0) is 6.42 Å². The van der Waals surface area contributed by atoms with E-state index in [2.05, 4.69) is 16.0 Å². The fourth-order valence-electron chi connectivity index (χ4n) is 1.59. The van der Waals surface area contributed by atoms with Gasteiger partial charge in [0.1, 0.15) is 12.1 Å². The van der Waals surface area contributed by atoms with E-state index in [-0.39, 0.29) is 0 Å². The normalized spacial score (nSPS) is 10.1. The zero-order valence-corrected chi connectivity index (χ0v) is 9.26. The van der Waals surface area contributed by atoms with E-state index in [1.807, 2.05) is 37.5 Å². The molecule has 1 aromatic heterocycles. The molecule has 0 saturated heterocycles. The molecule has 0 saturated carbocycles. The van der Waals surface area contributed by atoms with Crippen molar-refractivity contribution in [2.75, 3.05) is 6.61 Å². The Morgan fingerprint density at radius 1 is 1.12 bits per heavy atom. The van der Waals surface area contributed by atoms with Crippen molar-refractivity contribution in [2.45, 2.75) is 13.3 Å². The van der Waals surface area contributed by atoms with Gasteiger partial charge < -0.3 is 4.74 Å². The van der Waals surface area contributed by atoms with Crippen molar-refractivity contribution in [3.8, 4) is 5.75 Å². The largest absolute Gasteiger partial charge is 0.494 e. The van der Waals surface area contributed by atoms with Gasteiger partial charge in [0.05, 0.1) is 6.61 Å². The molecule has 0 radical (unpaired) electrons. The highest BCUT2D eigenvalue weighted by atomic mass is 16.5. The molecule has 1 aromatic carbocycles. The first kappa shape index (κ1) is 10.6. The van der Waals surface area contributed by atoms with Crippen LogP contribution in [0.3, 0.4) is 0 Å². The fraction of sp³-hybridized carbons (Fsp3) is 0.231. The van der Waals surface area contributed by atoms with Crippen molar-refractivity contribution >= 4 is 0 Å². The van der Waals surface area contributed by atoms with Crippen molar-refractivity contribution in [3.05, 3.63) is 54.1 Å². The SMILES string of the molecule is CCOc1ccccc1Cc1cncnc1. The monoisotopic (exact) mass is 214 g/mol. The quantitative estimate of drug-likeness (QED) is 0.784. The van der Waals surface area contributed by atoms with Gasteiger partial charge in [0.25, 0.3) is 0 Å². The van der Waals surface area contributed by atoms with Crippen LogP contribution in [0.5, 0.6) is 5.75 Å². The molecule has 0 aliphatic heterocycles. The third-order valence-corrected chi connectivity index (χ3v) is 2.28. The number of ether oxygens (including phenoxy) is 1. The molecule has 82 valence electrons. The summed E-state index contributed by atoms with van der Waals surface area (Å²) >= 11 is 0. The average molecular weight is 214 g/mol. The van der Waals surface area contributed by atoms with Crippen molar-refractivity contribution < 1.29 is 4.74 Å². The lowest BCUT2D eigenvalue weighted by molar-refractivity contribution is 0.337. The fourth-order valence-corrected chi connectivity index (χ4v) is 1.59. The van der Waals surface area contributed by atoms with E-state index >= 15 is 0 Å². The van der Waals surface area contributed by atoms with Gasteiger partial charge in [-0.3, -0.25) is 0 Å². The van der Waals surface area contributed by atoms with E-state index in [4.69, 9.17) is 4.74 Å². The second-order valence-electron chi connectivity index (χ2n) is 3.46. The summed E-state index contributed by atoms with van der Waals surface area (Å²) in [5.74, 6) is 0.939. The third-order valence-electron chi connectivity index (χ3n) is 2.28. The van der Waals surface area contributed by atoms with Crippen LogP contribution in [0, 0.1) is 0 Å². The lowest BCUT2D eigenvalue weighted by Gasteiger charge is -2.09. The zero-order valence-electron chi connectivity index (χ0n) is 9.26. The smallest absolute Gasteiger partial charge is 0.122 e. The molecule has 0 spiro atoms. The molecule has 0 unspecified atom stereocenters. The predicted molar refractivity (Wildman–Crippen MR) is 62.4 cm³/mol. The number of nitrogens with zero attached hydrogens (tertiary/aromatic N) is 2. The topological polar surface area (TPSA) is 35.0 Å². The Morgan fingerprint density at radius 2 is 1.88 bits per heavy atom. The van der Waals surface area contributed by atoms with Gasteiger partial charge in [0, 0.05) is 18.8 Å². The van der Waals surface area contributed by atoms with Gasteiger partial charge in [-0.05, 0) is 24.1 Å². The van der Waals surface area contributed by atoms with Crippen LogP contribution in [0.2, 0.25) is 0 Å². The molecule has 16 heavy (non-hydrogen) atoms. The second-order valence-corrected chi connectivity index (χ2v) is 3.46. The molecule has 3 nitrogen and oxygen atoms in total. The highest BCUT2D eigenvalue weighted by Gasteiger charge is 2.03. The van der Waals surface area contributed by atoms with Crippen LogP contribution in [0.15, 0.2) is 43.0 Å². The van der Waals surface area contributed by atoms with Gasteiger partial charge >= 0.3 is 0 Å². The second kappa shape index (κ2) is 5.26. The number of benzene rings is 1. The standard InChI is InChI=1S/C13H14N2O/c1-2-16-13-6-4-3-5-12(13)7-11-8-14-10-15-9-11/h3-6,8-10H,2,7H2,1H3. The minimum absolute atomic E-state index is 0.683. The van der Waals surface area contributed by atoms with Crippen LogP contribution < -0.4 is 4.74 Å². The Balaban J connectivity index is 2.21. The van der Waals surface area contributed by atoms with Crippen LogP contribution >= 0.6 is 0 Å². The average Bonchev–Trinajstić information content (AvgIpc) is 2.33. The molecule has 0 aliphatic rings. The highest BCUT2D eigenvalue weighted by Crippen LogP contribution is 2.20. The summed E-state index contributed by atoms with van der Waals surface area (Å²) in [6.45, 7) is 2.67. The summed E-state index contributed by atoms with van der Waals surface area (Å²) in [6.07, 6.45) is 6.00. The van der Waals surface area contributed by atoms with Crippen LogP contribution in [0.1, 0.15) is 18.1 Å². The van der Waals surface area contributed by atoms with Gasteiger partial charge in [0.15, 0.2) is 0 Å². The number of rotatable bonds is 4. The molecule has 3 heteroatoms. The Hall–Kier alpha value is -1.90. The molecule has 0 atom stereocenters. The minimum Gasteiger partial charge on any atom is -0.494 e. The molecule has 0 amide bonds. The van der Waals surface area contributed by atoms with E-state index < -0.39 is 0 Å². The number of aromatic nitrogens is 2. The van der Waals surface area contributed by atoms with Gasteiger partial charge in [-0.1, -0.05) is 18.2 Å². The maximum atomic E-state index is 5.57. The Bertz CT molecular complexity index is 443. The lowest BCUT2D eigenvalue weighted by atomic mass is 10.1. The van der Waals surface area contributed by atoms with Crippen LogP contribution in [0.25, 0.3) is 0 Å². The first-order chi connectivity index (χ1) is 7.90. The van der Waals surface area contributed by atoms with E-state index in [1.54, 1.807) is 0 Å². The first-order valence-corrected chi connectivity index (χ1v) is 5.34. The van der Waals surface area contributed by atoms with E-state index in [1.165, 1.54) is 11.9 Å². The first-order valence-electron chi connectivity index (χ1n) is 5.34. The molecular weight excluding hydrogens is 200 g/mol. The molecule has 0 N–H and O–H groups in total. The molecule has 2 rings (SSSR count). The van der Waals surface area contributed by atoms with Crippen LogP contribution in [-0.4, -0.2) is 16.6 Å². The summed E-state index contributed by atoms with van der Waals surface area (Å²) < 4.78 is 5.57. The highest BCUT2D eigenvalue weighted by molar-refractivity contribution is 5.36. The summed E-state index contributed by atoms with van der Waals surface area (Å²) in [5, 5.41) is 0. The Kier molecular flexibility index (Phi) is 3.49. The maximum absolute atomic E-state index is 5.57.